The Morgan fingerprint density at radius 1 is 1.07 bits per heavy atom. The number of nitrogens with zero attached hydrogens (tertiary/aromatic N) is 1. The van der Waals surface area contributed by atoms with Crippen LogP contribution in [0.15, 0.2) is 30.3 Å². The van der Waals surface area contributed by atoms with E-state index in [1.807, 2.05) is 0 Å². The van der Waals surface area contributed by atoms with E-state index in [0.29, 0.717) is 0 Å². The topological polar surface area (TPSA) is 12.9 Å². The normalized spacial score (nSPS) is 12.0. The fourth-order valence-corrected chi connectivity index (χ4v) is 1.90. The van der Waals surface area contributed by atoms with Gasteiger partial charge in [0.05, 0.1) is 5.69 Å². The summed E-state index contributed by atoms with van der Waals surface area (Å²) < 4.78 is 0. The van der Waals surface area contributed by atoms with Gasteiger partial charge in [0.1, 0.15) is 0 Å². The average molecular weight is 199 g/mol. The molecule has 0 bridgehead atoms. The SMILES string of the molecule is Cc1cc2ccccc2c(C(C)(C)C)n1. The van der Waals surface area contributed by atoms with Crippen molar-refractivity contribution in [3.05, 3.63) is 41.7 Å². The van der Waals surface area contributed by atoms with Crippen molar-refractivity contribution < 1.29 is 0 Å². The monoisotopic (exact) mass is 199 g/mol. The third kappa shape index (κ3) is 1.87. The van der Waals surface area contributed by atoms with Crippen LogP contribution in [0, 0.1) is 6.92 Å². The molecule has 0 aliphatic heterocycles. The van der Waals surface area contributed by atoms with E-state index in [1.54, 1.807) is 0 Å². The molecule has 1 aromatic carbocycles. The minimum Gasteiger partial charge on any atom is -0.257 e. The summed E-state index contributed by atoms with van der Waals surface area (Å²) >= 11 is 0. The second-order valence-electron chi connectivity index (χ2n) is 5.08. The van der Waals surface area contributed by atoms with Crippen molar-refractivity contribution in [3.63, 3.8) is 0 Å². The molecule has 15 heavy (non-hydrogen) atoms. The van der Waals surface area contributed by atoms with Crippen molar-refractivity contribution >= 4 is 10.8 Å². The van der Waals surface area contributed by atoms with Crippen LogP contribution < -0.4 is 0 Å². The van der Waals surface area contributed by atoms with E-state index in [-0.39, 0.29) is 5.41 Å². The van der Waals surface area contributed by atoms with E-state index >= 15 is 0 Å². The van der Waals surface area contributed by atoms with Crippen LogP contribution >= 0.6 is 0 Å². The molecule has 1 aromatic heterocycles. The van der Waals surface area contributed by atoms with Gasteiger partial charge in [-0.1, -0.05) is 45.0 Å². The van der Waals surface area contributed by atoms with Crippen LogP contribution in [0.4, 0.5) is 0 Å². The van der Waals surface area contributed by atoms with Gasteiger partial charge in [0.2, 0.25) is 0 Å². The predicted molar refractivity (Wildman–Crippen MR) is 65.2 cm³/mol. The molecular weight excluding hydrogens is 182 g/mol. The molecule has 0 aliphatic carbocycles. The Balaban J connectivity index is 2.83. The van der Waals surface area contributed by atoms with Crippen molar-refractivity contribution in [2.45, 2.75) is 33.1 Å². The van der Waals surface area contributed by atoms with E-state index in [9.17, 15) is 0 Å². The Bertz CT molecular complexity index is 492. The molecule has 2 rings (SSSR count). The van der Waals surface area contributed by atoms with Crippen LogP contribution in [0.2, 0.25) is 0 Å². The van der Waals surface area contributed by atoms with E-state index in [2.05, 4.69) is 63.0 Å². The van der Waals surface area contributed by atoms with Crippen molar-refractivity contribution in [2.24, 2.45) is 0 Å². The first-order valence-electron chi connectivity index (χ1n) is 5.35. The summed E-state index contributed by atoms with van der Waals surface area (Å²) in [6.07, 6.45) is 0. The first kappa shape index (κ1) is 10.2. The molecule has 1 nitrogen and oxygen atoms in total. The fraction of sp³-hybridized carbons (Fsp3) is 0.357. The zero-order valence-electron chi connectivity index (χ0n) is 9.83. The smallest absolute Gasteiger partial charge is 0.0538 e. The average Bonchev–Trinajstić information content (AvgIpc) is 2.15. The summed E-state index contributed by atoms with van der Waals surface area (Å²) in [6.45, 7) is 8.69. The van der Waals surface area contributed by atoms with Crippen LogP contribution in [0.1, 0.15) is 32.2 Å². The van der Waals surface area contributed by atoms with Crippen molar-refractivity contribution in [1.29, 1.82) is 0 Å². The molecule has 1 heteroatoms. The minimum atomic E-state index is 0.103. The number of aryl methyl sites for hydroxylation is 1. The molecule has 78 valence electrons. The maximum atomic E-state index is 4.67. The number of hydrogen-bond donors (Lipinski definition) is 0. The van der Waals surface area contributed by atoms with E-state index in [0.717, 1.165) is 5.69 Å². The predicted octanol–water partition coefficient (Wildman–Crippen LogP) is 3.84. The molecule has 0 amide bonds. The van der Waals surface area contributed by atoms with Crippen molar-refractivity contribution in [2.75, 3.05) is 0 Å². The van der Waals surface area contributed by atoms with E-state index in [4.69, 9.17) is 0 Å². The molecule has 2 aromatic rings. The van der Waals surface area contributed by atoms with Gasteiger partial charge in [-0.3, -0.25) is 4.98 Å². The summed E-state index contributed by atoms with van der Waals surface area (Å²) in [5.41, 5.74) is 2.39. The number of rotatable bonds is 0. The first-order chi connectivity index (χ1) is 6.98. The summed E-state index contributed by atoms with van der Waals surface area (Å²) in [5.74, 6) is 0. The third-order valence-corrected chi connectivity index (χ3v) is 2.58. The van der Waals surface area contributed by atoms with Gasteiger partial charge in [-0.15, -0.1) is 0 Å². The third-order valence-electron chi connectivity index (χ3n) is 2.58. The Morgan fingerprint density at radius 3 is 2.40 bits per heavy atom. The second-order valence-corrected chi connectivity index (χ2v) is 5.08. The number of aromatic nitrogens is 1. The standard InChI is InChI=1S/C14H17N/c1-10-9-11-7-5-6-8-12(11)13(15-10)14(2,3)4/h5-9H,1-4H3. The molecule has 0 radical (unpaired) electrons. The maximum Gasteiger partial charge on any atom is 0.0538 e. The second kappa shape index (κ2) is 3.34. The quantitative estimate of drug-likeness (QED) is 0.628. The van der Waals surface area contributed by atoms with Crippen LogP contribution in [-0.4, -0.2) is 4.98 Å². The van der Waals surface area contributed by atoms with Crippen LogP contribution in [-0.2, 0) is 5.41 Å². The zero-order chi connectivity index (χ0) is 11.1. The molecule has 0 fully saturated rings. The highest BCUT2D eigenvalue weighted by Crippen LogP contribution is 2.28. The Kier molecular flexibility index (Phi) is 2.26. The van der Waals surface area contributed by atoms with Crippen LogP contribution in [0.5, 0.6) is 0 Å². The molecule has 0 saturated carbocycles. The summed E-state index contributed by atoms with van der Waals surface area (Å²) in [5, 5.41) is 2.56. The van der Waals surface area contributed by atoms with Gasteiger partial charge in [-0.2, -0.15) is 0 Å². The van der Waals surface area contributed by atoms with Gasteiger partial charge >= 0.3 is 0 Å². The lowest BCUT2D eigenvalue weighted by molar-refractivity contribution is 0.574. The highest BCUT2D eigenvalue weighted by atomic mass is 14.7. The lowest BCUT2D eigenvalue weighted by atomic mass is 9.88. The number of benzene rings is 1. The van der Waals surface area contributed by atoms with E-state index < -0.39 is 0 Å². The zero-order valence-corrected chi connectivity index (χ0v) is 9.83. The largest absolute Gasteiger partial charge is 0.257 e. The van der Waals surface area contributed by atoms with Crippen molar-refractivity contribution in [1.82, 2.24) is 4.98 Å². The molecule has 0 spiro atoms. The van der Waals surface area contributed by atoms with E-state index in [1.165, 1.54) is 16.5 Å². The lowest BCUT2D eigenvalue weighted by Gasteiger charge is -2.20. The fourth-order valence-electron chi connectivity index (χ4n) is 1.90. The molecule has 0 unspecified atom stereocenters. The molecule has 1 heterocycles. The summed E-state index contributed by atoms with van der Waals surface area (Å²) in [6, 6.07) is 10.6. The van der Waals surface area contributed by atoms with Crippen LogP contribution in [0.25, 0.3) is 10.8 Å². The molecular formula is C14H17N. The molecule has 0 saturated heterocycles. The van der Waals surface area contributed by atoms with Gasteiger partial charge in [0, 0.05) is 16.5 Å². The lowest BCUT2D eigenvalue weighted by Crippen LogP contribution is -2.14. The van der Waals surface area contributed by atoms with Gasteiger partial charge in [0.25, 0.3) is 0 Å². The van der Waals surface area contributed by atoms with Gasteiger partial charge < -0.3 is 0 Å². The summed E-state index contributed by atoms with van der Waals surface area (Å²) in [7, 11) is 0. The molecule has 0 aliphatic rings. The van der Waals surface area contributed by atoms with Gasteiger partial charge in [0.15, 0.2) is 0 Å². The van der Waals surface area contributed by atoms with Gasteiger partial charge in [-0.05, 0) is 18.4 Å². The number of pyridine rings is 1. The molecule has 0 atom stereocenters. The summed E-state index contributed by atoms with van der Waals surface area (Å²) in [4.78, 5) is 4.67. The minimum absolute atomic E-state index is 0.103. The van der Waals surface area contributed by atoms with Crippen LogP contribution in [0.3, 0.4) is 0 Å². The number of hydrogen-bond acceptors (Lipinski definition) is 1. The van der Waals surface area contributed by atoms with Gasteiger partial charge in [-0.25, -0.2) is 0 Å². The number of fused-ring (bicyclic) bond motifs is 1. The van der Waals surface area contributed by atoms with Crippen molar-refractivity contribution in [3.8, 4) is 0 Å². The molecule has 0 N–H and O–H groups in total. The Labute approximate surface area is 91.2 Å². The Hall–Kier alpha value is -1.37. The Morgan fingerprint density at radius 2 is 1.73 bits per heavy atom. The highest BCUT2D eigenvalue weighted by molar-refractivity contribution is 5.85. The highest BCUT2D eigenvalue weighted by Gasteiger charge is 2.18. The first-order valence-corrected chi connectivity index (χ1v) is 5.35. The maximum absolute atomic E-state index is 4.67.